The van der Waals surface area contributed by atoms with Crippen molar-refractivity contribution in [3.8, 4) is 5.75 Å². The Morgan fingerprint density at radius 2 is 2.00 bits per heavy atom. The highest BCUT2D eigenvalue weighted by Gasteiger charge is 2.39. The number of hydrogen-bond donors (Lipinski definition) is 2. The molecule has 1 aromatic heterocycles. The van der Waals surface area contributed by atoms with E-state index in [2.05, 4.69) is 15.7 Å². The van der Waals surface area contributed by atoms with Gasteiger partial charge in [-0.25, -0.2) is 0 Å². The molecule has 0 radical (unpaired) electrons. The van der Waals surface area contributed by atoms with Crippen LogP contribution in [0.5, 0.6) is 5.75 Å². The number of aromatic nitrogens is 2. The van der Waals surface area contributed by atoms with Crippen molar-refractivity contribution in [3.63, 3.8) is 0 Å². The fourth-order valence-corrected chi connectivity index (χ4v) is 4.44. The number of nitrogens with zero attached hydrogens (tertiary/aromatic N) is 3. The van der Waals surface area contributed by atoms with Crippen LogP contribution < -0.4 is 15.4 Å². The molecule has 0 aliphatic carbocycles. The van der Waals surface area contributed by atoms with Gasteiger partial charge in [0.25, 0.3) is 5.91 Å². The van der Waals surface area contributed by atoms with Crippen LogP contribution >= 0.6 is 0 Å². The molecule has 1 fully saturated rings. The predicted molar refractivity (Wildman–Crippen MR) is 121 cm³/mol. The van der Waals surface area contributed by atoms with Crippen molar-refractivity contribution in [1.29, 1.82) is 0 Å². The molecule has 3 heterocycles. The molecule has 3 amide bonds. The van der Waals surface area contributed by atoms with Crippen LogP contribution in [0.25, 0.3) is 0 Å². The maximum absolute atomic E-state index is 13.2. The standard InChI is InChI=1S/C23H29N5O5/c1-13-18(11-27(3)26-13)25-22(30)10-16-6-7-19-21(33-16)12-32-20-8-5-15(24-14(2)29)9-17(20)23(31)28(19)4/h5,8-9,11,16,19,21H,6-7,10,12H2,1-4H3,(H,24,29)(H,25,30)/t16-,19-,21+/m1/s1. The van der Waals surface area contributed by atoms with Gasteiger partial charge in [0.2, 0.25) is 11.8 Å². The van der Waals surface area contributed by atoms with Crippen LogP contribution in [0.3, 0.4) is 0 Å². The van der Waals surface area contributed by atoms with Gasteiger partial charge in [0.15, 0.2) is 0 Å². The lowest BCUT2D eigenvalue weighted by Crippen LogP contribution is -2.53. The van der Waals surface area contributed by atoms with Gasteiger partial charge in [-0.3, -0.25) is 19.1 Å². The molecule has 4 rings (SSSR count). The minimum atomic E-state index is -0.353. The predicted octanol–water partition coefficient (Wildman–Crippen LogP) is 2.10. The van der Waals surface area contributed by atoms with Gasteiger partial charge in [-0.15, -0.1) is 0 Å². The molecule has 2 aliphatic heterocycles. The monoisotopic (exact) mass is 455 g/mol. The normalized spacial score (nSPS) is 22.4. The van der Waals surface area contributed by atoms with Gasteiger partial charge in [0.05, 0.1) is 35.5 Å². The highest BCUT2D eigenvalue weighted by Crippen LogP contribution is 2.32. The van der Waals surface area contributed by atoms with Gasteiger partial charge >= 0.3 is 0 Å². The van der Waals surface area contributed by atoms with E-state index in [-0.39, 0.29) is 49.0 Å². The van der Waals surface area contributed by atoms with Crippen molar-refractivity contribution in [2.24, 2.45) is 7.05 Å². The number of rotatable bonds is 4. The number of ether oxygens (including phenoxy) is 2. The highest BCUT2D eigenvalue weighted by molar-refractivity contribution is 5.99. The molecular weight excluding hydrogens is 426 g/mol. The van der Waals surface area contributed by atoms with Crippen LogP contribution in [0.4, 0.5) is 11.4 Å². The van der Waals surface area contributed by atoms with Crippen LogP contribution in [0.2, 0.25) is 0 Å². The van der Waals surface area contributed by atoms with Crippen molar-refractivity contribution in [2.75, 3.05) is 24.3 Å². The molecule has 2 aliphatic rings. The lowest BCUT2D eigenvalue weighted by molar-refractivity contribution is -0.130. The van der Waals surface area contributed by atoms with Crippen molar-refractivity contribution >= 4 is 29.1 Å². The number of likely N-dealkylation sites (N-methyl/N-ethyl adjacent to an activating group) is 1. The van der Waals surface area contributed by atoms with E-state index in [0.717, 1.165) is 5.69 Å². The van der Waals surface area contributed by atoms with Crippen molar-refractivity contribution in [3.05, 3.63) is 35.7 Å². The van der Waals surface area contributed by atoms with Crippen LogP contribution in [0, 0.1) is 6.92 Å². The molecule has 2 N–H and O–H groups in total. The Morgan fingerprint density at radius 3 is 2.70 bits per heavy atom. The quantitative estimate of drug-likeness (QED) is 0.730. The number of anilines is 2. The zero-order valence-electron chi connectivity index (χ0n) is 19.3. The third-order valence-corrected chi connectivity index (χ3v) is 6.03. The summed E-state index contributed by atoms with van der Waals surface area (Å²) in [5.41, 5.74) is 2.38. The minimum absolute atomic E-state index is 0.137. The highest BCUT2D eigenvalue weighted by atomic mass is 16.5. The summed E-state index contributed by atoms with van der Waals surface area (Å²) < 4.78 is 13.8. The first kappa shape index (κ1) is 22.8. The van der Waals surface area contributed by atoms with Gasteiger partial charge in [-0.05, 0) is 38.0 Å². The number of amides is 3. The molecule has 1 saturated heterocycles. The molecule has 0 bridgehead atoms. The number of nitrogens with one attached hydrogen (secondary N) is 2. The number of carbonyl (C=O) groups is 3. The zero-order valence-corrected chi connectivity index (χ0v) is 19.3. The van der Waals surface area contributed by atoms with Crippen LogP contribution in [0.1, 0.15) is 42.2 Å². The average molecular weight is 456 g/mol. The first-order chi connectivity index (χ1) is 15.7. The zero-order chi connectivity index (χ0) is 23.7. The maximum Gasteiger partial charge on any atom is 0.257 e. The van der Waals surface area contributed by atoms with E-state index in [1.54, 1.807) is 48.1 Å². The second kappa shape index (κ2) is 9.22. The lowest BCUT2D eigenvalue weighted by atomic mass is 9.94. The molecule has 1 aromatic carbocycles. The maximum atomic E-state index is 13.2. The number of aryl methyl sites for hydroxylation is 2. The SMILES string of the molecule is CC(=O)Nc1ccc2c(c1)C(=O)N(C)[C@@H]1CC[C@H](CC(=O)Nc3cn(C)nc3C)O[C@H]1CO2. The minimum Gasteiger partial charge on any atom is -0.490 e. The average Bonchev–Trinajstić information content (AvgIpc) is 3.07. The summed E-state index contributed by atoms with van der Waals surface area (Å²) in [5, 5.41) is 9.82. The van der Waals surface area contributed by atoms with E-state index < -0.39 is 0 Å². The molecule has 0 unspecified atom stereocenters. The van der Waals surface area contributed by atoms with Gasteiger partial charge in [0.1, 0.15) is 18.5 Å². The lowest BCUT2D eigenvalue weighted by Gasteiger charge is -2.42. The van der Waals surface area contributed by atoms with Gasteiger partial charge in [-0.1, -0.05) is 0 Å². The Hall–Kier alpha value is -3.40. The van der Waals surface area contributed by atoms with E-state index in [9.17, 15) is 14.4 Å². The van der Waals surface area contributed by atoms with Gasteiger partial charge < -0.3 is 25.0 Å². The Labute approximate surface area is 192 Å². The largest absolute Gasteiger partial charge is 0.490 e. The van der Waals surface area contributed by atoms with E-state index >= 15 is 0 Å². The smallest absolute Gasteiger partial charge is 0.257 e. The van der Waals surface area contributed by atoms with Crippen LogP contribution in [-0.4, -0.2) is 64.3 Å². The van der Waals surface area contributed by atoms with Crippen LogP contribution in [0.15, 0.2) is 24.4 Å². The summed E-state index contributed by atoms with van der Waals surface area (Å²) in [6.45, 7) is 3.52. The molecule has 176 valence electrons. The Kier molecular flexibility index (Phi) is 6.37. The second-order valence-electron chi connectivity index (χ2n) is 8.61. The molecule has 3 atom stereocenters. The first-order valence-electron chi connectivity index (χ1n) is 11.0. The Bertz CT molecular complexity index is 1080. The summed E-state index contributed by atoms with van der Waals surface area (Å²) in [4.78, 5) is 38.8. The Balaban J connectivity index is 1.44. The topological polar surface area (TPSA) is 115 Å². The number of carbonyl (C=O) groups excluding carboxylic acids is 3. The molecule has 10 heteroatoms. The number of hydrogen-bond acceptors (Lipinski definition) is 6. The third kappa shape index (κ3) is 5.00. The molecule has 2 aromatic rings. The molecule has 10 nitrogen and oxygen atoms in total. The number of fused-ring (bicyclic) bond motifs is 2. The fraction of sp³-hybridized carbons (Fsp3) is 0.478. The molecule has 33 heavy (non-hydrogen) atoms. The van der Waals surface area contributed by atoms with Crippen molar-refractivity contribution in [2.45, 2.75) is 51.4 Å². The molecular formula is C23H29N5O5. The second-order valence-corrected chi connectivity index (χ2v) is 8.61. The van der Waals surface area contributed by atoms with Gasteiger partial charge in [-0.2, -0.15) is 5.10 Å². The Morgan fingerprint density at radius 1 is 1.21 bits per heavy atom. The first-order valence-corrected chi connectivity index (χ1v) is 11.0. The van der Waals surface area contributed by atoms with Crippen molar-refractivity contribution in [1.82, 2.24) is 14.7 Å². The van der Waals surface area contributed by atoms with E-state index in [1.165, 1.54) is 6.92 Å². The van der Waals surface area contributed by atoms with E-state index in [4.69, 9.17) is 9.47 Å². The molecule has 0 spiro atoms. The summed E-state index contributed by atoms with van der Waals surface area (Å²) in [6.07, 6.45) is 2.71. The van der Waals surface area contributed by atoms with Crippen molar-refractivity contribution < 1.29 is 23.9 Å². The van der Waals surface area contributed by atoms with E-state index in [0.29, 0.717) is 35.5 Å². The van der Waals surface area contributed by atoms with Crippen LogP contribution in [-0.2, 0) is 21.4 Å². The summed E-state index contributed by atoms with van der Waals surface area (Å²) in [5.74, 6) is -0.104. The third-order valence-electron chi connectivity index (χ3n) is 6.03. The fourth-order valence-electron chi connectivity index (χ4n) is 4.44. The van der Waals surface area contributed by atoms with E-state index in [1.807, 2.05) is 6.92 Å². The summed E-state index contributed by atoms with van der Waals surface area (Å²) in [7, 11) is 3.56. The van der Waals surface area contributed by atoms with Gasteiger partial charge in [0, 0.05) is 32.9 Å². The number of benzene rings is 1. The summed E-state index contributed by atoms with van der Waals surface area (Å²) in [6, 6.07) is 4.83. The molecule has 0 saturated carbocycles. The summed E-state index contributed by atoms with van der Waals surface area (Å²) >= 11 is 0.